The van der Waals surface area contributed by atoms with Gasteiger partial charge in [0.15, 0.2) is 5.78 Å². The minimum atomic E-state index is -1.67. The average Bonchev–Trinajstić information content (AvgIpc) is 2.46. The number of hydrogen-bond acceptors (Lipinski definition) is 5. The van der Waals surface area contributed by atoms with Crippen LogP contribution < -0.4 is 10.2 Å². The van der Waals surface area contributed by atoms with Crippen molar-refractivity contribution in [3.63, 3.8) is 0 Å². The second-order valence-corrected chi connectivity index (χ2v) is 4.03. The predicted molar refractivity (Wildman–Crippen MR) is 65.0 cm³/mol. The third-order valence-electron chi connectivity index (χ3n) is 2.76. The van der Waals surface area contributed by atoms with Crippen LogP contribution in [0.5, 0.6) is 0 Å². The van der Waals surface area contributed by atoms with Crippen LogP contribution in [0.4, 0.5) is 0 Å². The number of carboxylic acid groups (broad SMARTS) is 2. The lowest BCUT2D eigenvalue weighted by molar-refractivity contribution is -0.259. The molecule has 20 heavy (non-hydrogen) atoms. The highest BCUT2D eigenvalue weighted by atomic mass is 16.4. The first-order valence-corrected chi connectivity index (χ1v) is 5.67. The molecule has 0 aliphatic heterocycles. The number of benzene rings is 2. The second kappa shape index (κ2) is 5.36. The van der Waals surface area contributed by atoms with Gasteiger partial charge in [-0.15, -0.1) is 0 Å². The Morgan fingerprint density at radius 3 is 1.85 bits per heavy atom. The van der Waals surface area contributed by atoms with E-state index in [-0.39, 0.29) is 5.56 Å². The number of carbonyl (C=O) groups excluding carboxylic acids is 3. The molecule has 5 heteroatoms. The maximum absolute atomic E-state index is 12.1. The monoisotopic (exact) mass is 268 g/mol. The quantitative estimate of drug-likeness (QED) is 0.705. The zero-order valence-electron chi connectivity index (χ0n) is 10.2. The van der Waals surface area contributed by atoms with E-state index in [4.69, 9.17) is 0 Å². The second-order valence-electron chi connectivity index (χ2n) is 4.03. The molecule has 0 unspecified atom stereocenters. The van der Waals surface area contributed by atoms with Crippen LogP contribution in [-0.4, -0.2) is 17.7 Å². The average molecular weight is 268 g/mol. The van der Waals surface area contributed by atoms with Crippen molar-refractivity contribution in [3.8, 4) is 0 Å². The smallest absolute Gasteiger partial charge is 0.193 e. The van der Waals surface area contributed by atoms with E-state index < -0.39 is 28.8 Å². The van der Waals surface area contributed by atoms with E-state index in [1.54, 1.807) is 30.3 Å². The summed E-state index contributed by atoms with van der Waals surface area (Å²) in [5.41, 5.74) is -0.653. The van der Waals surface area contributed by atoms with Crippen LogP contribution in [0, 0.1) is 0 Å². The number of aromatic carboxylic acids is 2. The van der Waals surface area contributed by atoms with Crippen LogP contribution in [0.3, 0.4) is 0 Å². The highest BCUT2D eigenvalue weighted by Crippen LogP contribution is 2.15. The summed E-state index contributed by atoms with van der Waals surface area (Å²) in [6, 6.07) is 11.5. The number of hydrogen-bond donors (Lipinski definition) is 0. The Morgan fingerprint density at radius 1 is 0.700 bits per heavy atom. The van der Waals surface area contributed by atoms with E-state index in [0.717, 1.165) is 12.1 Å². The summed E-state index contributed by atoms with van der Waals surface area (Å²) in [6.07, 6.45) is 0. The Hall–Kier alpha value is -2.95. The number of rotatable bonds is 4. The number of carbonyl (C=O) groups is 3. The zero-order chi connectivity index (χ0) is 14.7. The van der Waals surface area contributed by atoms with Crippen LogP contribution in [0.1, 0.15) is 36.6 Å². The summed E-state index contributed by atoms with van der Waals surface area (Å²) in [5, 5.41) is 21.7. The minimum Gasteiger partial charge on any atom is -0.545 e. The lowest BCUT2D eigenvalue weighted by Crippen LogP contribution is -2.30. The Bertz CT molecular complexity index is 689. The first-order valence-electron chi connectivity index (χ1n) is 5.67. The van der Waals surface area contributed by atoms with E-state index in [0.29, 0.717) is 5.56 Å². The molecule has 2 aromatic carbocycles. The Kier molecular flexibility index (Phi) is 3.61. The molecule has 0 N–H and O–H groups in total. The van der Waals surface area contributed by atoms with Crippen molar-refractivity contribution in [3.05, 3.63) is 70.8 Å². The van der Waals surface area contributed by atoms with Gasteiger partial charge >= 0.3 is 0 Å². The number of ketones is 1. The fourth-order valence-corrected chi connectivity index (χ4v) is 1.79. The van der Waals surface area contributed by atoms with Gasteiger partial charge in [-0.2, -0.15) is 0 Å². The van der Waals surface area contributed by atoms with E-state index in [2.05, 4.69) is 0 Å². The normalized spacial score (nSPS) is 10.0. The molecule has 0 fully saturated rings. The highest BCUT2D eigenvalue weighted by molar-refractivity contribution is 6.11. The topological polar surface area (TPSA) is 97.3 Å². The lowest BCUT2D eigenvalue weighted by atomic mass is 9.98. The third-order valence-corrected chi connectivity index (χ3v) is 2.76. The van der Waals surface area contributed by atoms with E-state index in [1.165, 1.54) is 6.07 Å². The molecule has 0 radical (unpaired) electrons. The van der Waals surface area contributed by atoms with Gasteiger partial charge in [0, 0.05) is 22.3 Å². The van der Waals surface area contributed by atoms with Gasteiger partial charge < -0.3 is 19.8 Å². The summed E-state index contributed by atoms with van der Waals surface area (Å²) < 4.78 is 0. The van der Waals surface area contributed by atoms with Gasteiger partial charge in [0.2, 0.25) is 0 Å². The molecule has 100 valence electrons. The van der Waals surface area contributed by atoms with E-state index in [1.807, 2.05) is 0 Å². The Morgan fingerprint density at radius 2 is 1.30 bits per heavy atom. The maximum Gasteiger partial charge on any atom is 0.193 e. The van der Waals surface area contributed by atoms with Crippen LogP contribution >= 0.6 is 0 Å². The van der Waals surface area contributed by atoms with Crippen molar-refractivity contribution in [1.82, 2.24) is 0 Å². The summed E-state index contributed by atoms with van der Waals surface area (Å²) >= 11 is 0. The van der Waals surface area contributed by atoms with Gasteiger partial charge in [0.25, 0.3) is 0 Å². The van der Waals surface area contributed by atoms with Crippen molar-refractivity contribution >= 4 is 17.7 Å². The third kappa shape index (κ3) is 2.56. The van der Waals surface area contributed by atoms with Crippen molar-refractivity contribution in [1.29, 1.82) is 0 Å². The molecule has 0 atom stereocenters. The maximum atomic E-state index is 12.1. The SMILES string of the molecule is O=C(c1ccccc1)c1ccc(C(=O)[O-])c(C(=O)[O-])c1. The van der Waals surface area contributed by atoms with E-state index in [9.17, 15) is 24.6 Å². The molecule has 0 amide bonds. The van der Waals surface area contributed by atoms with E-state index >= 15 is 0 Å². The molecule has 2 aromatic rings. The van der Waals surface area contributed by atoms with Gasteiger partial charge in [-0.05, 0) is 6.07 Å². The summed E-state index contributed by atoms with van der Waals surface area (Å²) in [4.78, 5) is 33.8. The molecular formula is C15H8O5-2. The van der Waals surface area contributed by atoms with Gasteiger partial charge in [0.1, 0.15) is 0 Å². The molecule has 0 aliphatic carbocycles. The minimum absolute atomic E-state index is 0.0698. The largest absolute Gasteiger partial charge is 0.545 e. The molecule has 0 spiro atoms. The lowest BCUT2D eigenvalue weighted by Gasteiger charge is -2.12. The molecule has 0 aromatic heterocycles. The molecule has 5 nitrogen and oxygen atoms in total. The van der Waals surface area contributed by atoms with Gasteiger partial charge in [-0.1, -0.05) is 42.5 Å². The summed E-state index contributed by atoms with van der Waals surface area (Å²) in [6.45, 7) is 0. The molecule has 0 saturated carbocycles. The Balaban J connectivity index is 2.49. The molecule has 0 heterocycles. The molecule has 0 bridgehead atoms. The van der Waals surface area contributed by atoms with Crippen molar-refractivity contribution < 1.29 is 24.6 Å². The van der Waals surface area contributed by atoms with Crippen molar-refractivity contribution in [2.75, 3.05) is 0 Å². The molecule has 0 aliphatic rings. The summed E-state index contributed by atoms with van der Waals surface area (Å²) in [5.74, 6) is -3.71. The molecule has 2 rings (SSSR count). The Labute approximate surface area is 114 Å². The number of carboxylic acids is 2. The van der Waals surface area contributed by atoms with Crippen LogP contribution in [0.15, 0.2) is 48.5 Å². The standard InChI is InChI=1S/C15H10O5/c16-13(9-4-2-1-3-5-9)10-6-7-11(14(17)18)12(8-10)15(19)20/h1-8H,(H,17,18)(H,19,20)/p-2. The van der Waals surface area contributed by atoms with Crippen LogP contribution in [0.25, 0.3) is 0 Å². The highest BCUT2D eigenvalue weighted by Gasteiger charge is 2.12. The first kappa shape index (κ1) is 13.5. The fourth-order valence-electron chi connectivity index (χ4n) is 1.79. The summed E-state index contributed by atoms with van der Waals surface area (Å²) in [7, 11) is 0. The van der Waals surface area contributed by atoms with Crippen molar-refractivity contribution in [2.45, 2.75) is 0 Å². The van der Waals surface area contributed by atoms with Gasteiger partial charge in [-0.3, -0.25) is 4.79 Å². The van der Waals surface area contributed by atoms with Crippen LogP contribution in [-0.2, 0) is 0 Å². The van der Waals surface area contributed by atoms with Crippen molar-refractivity contribution in [2.24, 2.45) is 0 Å². The van der Waals surface area contributed by atoms with Crippen LogP contribution in [0.2, 0.25) is 0 Å². The fraction of sp³-hybridized carbons (Fsp3) is 0. The first-order chi connectivity index (χ1) is 9.50. The molecular weight excluding hydrogens is 260 g/mol. The molecule has 0 saturated heterocycles. The van der Waals surface area contributed by atoms with Gasteiger partial charge in [-0.25, -0.2) is 0 Å². The zero-order valence-corrected chi connectivity index (χ0v) is 10.2. The van der Waals surface area contributed by atoms with Gasteiger partial charge in [0.05, 0.1) is 11.9 Å². The predicted octanol–water partition coefficient (Wildman–Crippen LogP) is -0.355.